The Labute approximate surface area is 94.1 Å². The molecule has 0 saturated carbocycles. The fourth-order valence-corrected chi connectivity index (χ4v) is 1.30. The van der Waals surface area contributed by atoms with Crippen LogP contribution < -0.4 is 5.32 Å². The highest BCUT2D eigenvalue weighted by Gasteiger charge is 2.10. The largest absolute Gasteiger partial charge is 0.387 e. The van der Waals surface area contributed by atoms with Gasteiger partial charge in [0.1, 0.15) is 5.82 Å². The lowest BCUT2D eigenvalue weighted by molar-refractivity contribution is 0.171. The number of hydrogen-bond donors (Lipinski definition) is 2. The van der Waals surface area contributed by atoms with Gasteiger partial charge in [0.25, 0.3) is 0 Å². The van der Waals surface area contributed by atoms with Crippen LogP contribution in [0.15, 0.2) is 18.2 Å². The smallest absolute Gasteiger partial charge is 0.142 e. The molecule has 0 amide bonds. The van der Waals surface area contributed by atoms with E-state index in [1.165, 1.54) is 12.1 Å². The zero-order chi connectivity index (χ0) is 11.4. The normalized spacial score (nSPS) is 13.2. The molecule has 1 rings (SSSR count). The van der Waals surface area contributed by atoms with Gasteiger partial charge in [-0.05, 0) is 17.7 Å². The fourth-order valence-electron chi connectivity index (χ4n) is 1.18. The molecule has 2 N–H and O–H groups in total. The van der Waals surface area contributed by atoms with Crippen LogP contribution in [0.4, 0.5) is 4.39 Å². The number of hydrogen-bond acceptors (Lipinski definition) is 2. The summed E-state index contributed by atoms with van der Waals surface area (Å²) < 4.78 is 13.1. The summed E-state index contributed by atoms with van der Waals surface area (Å²) in [4.78, 5) is 0. The lowest BCUT2D eigenvalue weighted by atomic mass is 10.1. The molecule has 0 bridgehead atoms. The van der Waals surface area contributed by atoms with Gasteiger partial charge in [0.15, 0.2) is 0 Å². The van der Waals surface area contributed by atoms with E-state index in [9.17, 15) is 9.50 Å². The first kappa shape index (κ1) is 12.4. The minimum atomic E-state index is -0.709. The van der Waals surface area contributed by atoms with Crippen molar-refractivity contribution in [2.75, 3.05) is 6.54 Å². The standard InChI is InChI=1S/C11H15ClFNO/c1-7(2)14-6-11(15)8-3-4-9(12)10(13)5-8/h3-5,7,11,14-15H,6H2,1-2H3. The molecule has 1 atom stereocenters. The average Bonchev–Trinajstić information content (AvgIpc) is 2.18. The maximum absolute atomic E-state index is 13.1. The summed E-state index contributed by atoms with van der Waals surface area (Å²) in [5.74, 6) is -0.502. The summed E-state index contributed by atoms with van der Waals surface area (Å²) >= 11 is 5.54. The molecule has 15 heavy (non-hydrogen) atoms. The van der Waals surface area contributed by atoms with Crippen molar-refractivity contribution in [1.82, 2.24) is 5.32 Å². The molecule has 0 aromatic heterocycles. The van der Waals surface area contributed by atoms with Crippen LogP contribution in [0.5, 0.6) is 0 Å². The van der Waals surface area contributed by atoms with Crippen LogP contribution in [0, 0.1) is 5.82 Å². The Hall–Kier alpha value is -0.640. The van der Waals surface area contributed by atoms with Crippen molar-refractivity contribution in [2.24, 2.45) is 0 Å². The number of aliphatic hydroxyl groups is 1. The van der Waals surface area contributed by atoms with Gasteiger partial charge in [0.05, 0.1) is 11.1 Å². The van der Waals surface area contributed by atoms with Gasteiger partial charge in [-0.1, -0.05) is 31.5 Å². The number of nitrogens with one attached hydrogen (secondary N) is 1. The topological polar surface area (TPSA) is 32.3 Å². The molecule has 4 heteroatoms. The zero-order valence-electron chi connectivity index (χ0n) is 8.80. The molecule has 0 radical (unpaired) electrons. The third kappa shape index (κ3) is 3.78. The highest BCUT2D eigenvalue weighted by molar-refractivity contribution is 6.30. The second-order valence-corrected chi connectivity index (χ2v) is 4.16. The third-order valence-electron chi connectivity index (χ3n) is 2.05. The molecule has 2 nitrogen and oxygen atoms in total. The summed E-state index contributed by atoms with van der Waals surface area (Å²) in [5.41, 5.74) is 0.532. The molecular weight excluding hydrogens is 217 g/mol. The van der Waals surface area contributed by atoms with Crippen LogP contribution >= 0.6 is 11.6 Å². The Morgan fingerprint density at radius 1 is 1.47 bits per heavy atom. The van der Waals surface area contributed by atoms with Gasteiger partial charge in [-0.3, -0.25) is 0 Å². The quantitative estimate of drug-likeness (QED) is 0.835. The summed E-state index contributed by atoms with van der Waals surface area (Å²) in [6.07, 6.45) is -0.709. The molecule has 0 aliphatic rings. The Morgan fingerprint density at radius 3 is 2.67 bits per heavy atom. The van der Waals surface area contributed by atoms with Gasteiger partial charge in [-0.15, -0.1) is 0 Å². The van der Waals surface area contributed by atoms with Crippen LogP contribution in [-0.2, 0) is 0 Å². The second kappa shape index (κ2) is 5.45. The molecule has 1 unspecified atom stereocenters. The van der Waals surface area contributed by atoms with Crippen molar-refractivity contribution in [2.45, 2.75) is 26.0 Å². The van der Waals surface area contributed by atoms with E-state index in [1.54, 1.807) is 6.07 Å². The predicted molar refractivity (Wildman–Crippen MR) is 59.5 cm³/mol. The maximum atomic E-state index is 13.1. The molecule has 0 aliphatic carbocycles. The molecule has 84 valence electrons. The van der Waals surface area contributed by atoms with E-state index in [-0.39, 0.29) is 11.1 Å². The number of rotatable bonds is 4. The van der Waals surface area contributed by atoms with Crippen LogP contribution in [0.1, 0.15) is 25.5 Å². The monoisotopic (exact) mass is 231 g/mol. The second-order valence-electron chi connectivity index (χ2n) is 3.75. The number of benzene rings is 1. The number of halogens is 2. The van der Waals surface area contributed by atoms with E-state index >= 15 is 0 Å². The van der Waals surface area contributed by atoms with E-state index in [4.69, 9.17) is 11.6 Å². The SMILES string of the molecule is CC(C)NCC(O)c1ccc(Cl)c(F)c1. The van der Waals surface area contributed by atoms with E-state index in [0.717, 1.165) is 0 Å². The predicted octanol–water partition coefficient (Wildman–Crippen LogP) is 2.51. The first-order chi connectivity index (χ1) is 7.00. The molecule has 0 spiro atoms. The molecule has 0 fully saturated rings. The first-order valence-corrected chi connectivity index (χ1v) is 5.25. The van der Waals surface area contributed by atoms with Crippen molar-refractivity contribution >= 4 is 11.6 Å². The van der Waals surface area contributed by atoms with Gasteiger partial charge in [-0.25, -0.2) is 4.39 Å². The highest BCUT2D eigenvalue weighted by atomic mass is 35.5. The summed E-state index contributed by atoms with van der Waals surface area (Å²) in [6, 6.07) is 4.62. The van der Waals surface area contributed by atoms with E-state index in [2.05, 4.69) is 5.32 Å². The van der Waals surface area contributed by atoms with Crippen LogP contribution in [0.2, 0.25) is 5.02 Å². The minimum Gasteiger partial charge on any atom is -0.387 e. The molecule has 0 aliphatic heterocycles. The van der Waals surface area contributed by atoms with Gasteiger partial charge >= 0.3 is 0 Å². The van der Waals surface area contributed by atoms with E-state index < -0.39 is 11.9 Å². The van der Waals surface area contributed by atoms with E-state index in [1.807, 2.05) is 13.8 Å². The van der Waals surface area contributed by atoms with Crippen molar-refractivity contribution in [3.8, 4) is 0 Å². The Kier molecular flexibility index (Phi) is 4.51. The van der Waals surface area contributed by atoms with Crippen molar-refractivity contribution in [1.29, 1.82) is 0 Å². The third-order valence-corrected chi connectivity index (χ3v) is 2.35. The summed E-state index contributed by atoms with van der Waals surface area (Å²) in [6.45, 7) is 4.36. The average molecular weight is 232 g/mol. The van der Waals surface area contributed by atoms with Crippen LogP contribution in [0.3, 0.4) is 0 Å². The van der Waals surface area contributed by atoms with Gasteiger partial charge in [0, 0.05) is 12.6 Å². The van der Waals surface area contributed by atoms with Crippen LogP contribution in [0.25, 0.3) is 0 Å². The molecule has 1 aromatic rings. The summed E-state index contributed by atoms with van der Waals surface area (Å²) in [7, 11) is 0. The highest BCUT2D eigenvalue weighted by Crippen LogP contribution is 2.19. The Morgan fingerprint density at radius 2 is 2.13 bits per heavy atom. The van der Waals surface area contributed by atoms with Gasteiger partial charge < -0.3 is 10.4 Å². The molecule has 0 saturated heterocycles. The van der Waals surface area contributed by atoms with Crippen molar-refractivity contribution in [3.05, 3.63) is 34.6 Å². The molecule has 0 heterocycles. The summed E-state index contributed by atoms with van der Waals surface area (Å²) in [5, 5.41) is 12.9. The maximum Gasteiger partial charge on any atom is 0.142 e. The molecule has 1 aromatic carbocycles. The first-order valence-electron chi connectivity index (χ1n) is 4.87. The lowest BCUT2D eigenvalue weighted by Gasteiger charge is -2.14. The fraction of sp³-hybridized carbons (Fsp3) is 0.455. The van der Waals surface area contributed by atoms with Gasteiger partial charge in [-0.2, -0.15) is 0 Å². The van der Waals surface area contributed by atoms with E-state index in [0.29, 0.717) is 12.1 Å². The minimum absolute atomic E-state index is 0.0720. The Bertz CT molecular complexity index is 330. The van der Waals surface area contributed by atoms with Crippen LogP contribution in [-0.4, -0.2) is 17.7 Å². The lowest BCUT2D eigenvalue weighted by Crippen LogP contribution is -2.27. The Balaban J connectivity index is 2.65. The molecular formula is C11H15ClFNO. The zero-order valence-corrected chi connectivity index (χ0v) is 9.55. The van der Waals surface area contributed by atoms with Crippen molar-refractivity contribution < 1.29 is 9.50 Å². The van der Waals surface area contributed by atoms with Gasteiger partial charge in [0.2, 0.25) is 0 Å². The van der Waals surface area contributed by atoms with Crippen molar-refractivity contribution in [3.63, 3.8) is 0 Å². The number of aliphatic hydroxyl groups excluding tert-OH is 1.